The maximum absolute atomic E-state index is 6.13. The third-order valence-corrected chi connectivity index (χ3v) is 5.23. The van der Waals surface area contributed by atoms with Gasteiger partial charge in [-0.15, -0.1) is 0 Å². The first kappa shape index (κ1) is 20.0. The summed E-state index contributed by atoms with van der Waals surface area (Å²) in [5.41, 5.74) is 9.32. The summed E-state index contributed by atoms with van der Waals surface area (Å²) in [6, 6.07) is 16.2. The molecule has 0 saturated carbocycles. The van der Waals surface area contributed by atoms with Crippen LogP contribution in [0.15, 0.2) is 58.5 Å². The van der Waals surface area contributed by atoms with E-state index >= 15 is 0 Å². The van der Waals surface area contributed by atoms with Gasteiger partial charge in [-0.3, -0.25) is 4.90 Å². The van der Waals surface area contributed by atoms with Crippen LogP contribution in [0.3, 0.4) is 0 Å². The first-order chi connectivity index (χ1) is 14.7. The Morgan fingerprint density at radius 1 is 1.10 bits per heavy atom. The number of rotatable bonds is 5. The van der Waals surface area contributed by atoms with Crippen molar-refractivity contribution >= 4 is 23.3 Å². The van der Waals surface area contributed by atoms with Gasteiger partial charge in [-0.2, -0.15) is 4.99 Å². The summed E-state index contributed by atoms with van der Waals surface area (Å²) in [5.74, 6) is 1.81. The third-order valence-electron chi connectivity index (χ3n) is 5.23. The Balaban J connectivity index is 1.68. The summed E-state index contributed by atoms with van der Waals surface area (Å²) in [5, 5.41) is 3.50. The average molecular weight is 409 g/mol. The fourth-order valence-electron chi connectivity index (χ4n) is 3.55. The number of benzene rings is 2. The first-order valence-corrected chi connectivity index (χ1v) is 10.2. The van der Waals surface area contributed by atoms with Gasteiger partial charge >= 0.3 is 0 Å². The Morgan fingerprint density at radius 2 is 1.80 bits per heavy atom. The van der Waals surface area contributed by atoms with Crippen LogP contribution in [-0.2, 0) is 11.2 Å². The number of aliphatic imine (C=N–C) groups is 2. The van der Waals surface area contributed by atoms with E-state index in [2.05, 4.69) is 56.3 Å². The van der Waals surface area contributed by atoms with E-state index < -0.39 is 6.29 Å². The molecule has 1 fully saturated rings. The Hall–Kier alpha value is -3.26. The Labute approximate surface area is 177 Å². The SMILES string of the molecule is CCc1ccc(NC2N=C(N)N=C(N3CCOCC3)N2c2ccc(OC)cc2)cc1. The molecule has 0 aliphatic carbocycles. The second kappa shape index (κ2) is 9.04. The van der Waals surface area contributed by atoms with E-state index in [4.69, 9.17) is 15.2 Å². The highest BCUT2D eigenvalue weighted by atomic mass is 16.5. The summed E-state index contributed by atoms with van der Waals surface area (Å²) in [7, 11) is 1.66. The normalized spacial score (nSPS) is 19.2. The smallest absolute Gasteiger partial charge is 0.222 e. The van der Waals surface area contributed by atoms with Gasteiger partial charge in [-0.25, -0.2) is 4.99 Å². The minimum atomic E-state index is -0.429. The Morgan fingerprint density at radius 3 is 2.43 bits per heavy atom. The lowest BCUT2D eigenvalue weighted by molar-refractivity contribution is 0.0671. The van der Waals surface area contributed by atoms with Crippen LogP contribution in [-0.4, -0.2) is 56.5 Å². The molecule has 4 rings (SSSR count). The molecule has 3 N–H and O–H groups in total. The van der Waals surface area contributed by atoms with Crippen molar-refractivity contribution < 1.29 is 9.47 Å². The van der Waals surface area contributed by atoms with Crippen molar-refractivity contribution in [3.8, 4) is 5.75 Å². The van der Waals surface area contributed by atoms with E-state index in [9.17, 15) is 0 Å². The molecule has 2 aliphatic rings. The van der Waals surface area contributed by atoms with Crippen LogP contribution in [0, 0.1) is 0 Å². The largest absolute Gasteiger partial charge is 0.497 e. The molecule has 158 valence electrons. The van der Waals surface area contributed by atoms with Gasteiger partial charge in [-0.1, -0.05) is 19.1 Å². The standard InChI is InChI=1S/C22H28N6O2/c1-3-16-4-6-17(7-5-16)24-21-25-20(23)26-22(27-12-14-30-15-13-27)28(21)18-8-10-19(29-2)11-9-18/h4-11,21,24H,3,12-15H2,1-2H3,(H2,23,25). The lowest BCUT2D eigenvalue weighted by Gasteiger charge is -2.41. The molecule has 1 saturated heterocycles. The van der Waals surface area contributed by atoms with E-state index in [0.717, 1.165) is 42.6 Å². The van der Waals surface area contributed by atoms with Gasteiger partial charge in [0.1, 0.15) is 5.75 Å². The summed E-state index contributed by atoms with van der Waals surface area (Å²) >= 11 is 0. The van der Waals surface area contributed by atoms with Crippen LogP contribution >= 0.6 is 0 Å². The first-order valence-electron chi connectivity index (χ1n) is 10.2. The van der Waals surface area contributed by atoms with E-state index in [1.807, 2.05) is 24.3 Å². The number of methoxy groups -OCH3 is 1. The monoisotopic (exact) mass is 408 g/mol. The number of hydrogen-bond acceptors (Lipinski definition) is 8. The van der Waals surface area contributed by atoms with Crippen molar-refractivity contribution in [3.63, 3.8) is 0 Å². The Bertz CT molecular complexity index is 904. The van der Waals surface area contributed by atoms with Crippen LogP contribution in [0.1, 0.15) is 12.5 Å². The van der Waals surface area contributed by atoms with E-state index in [-0.39, 0.29) is 5.96 Å². The minimum Gasteiger partial charge on any atom is -0.497 e. The van der Waals surface area contributed by atoms with Crippen molar-refractivity contribution in [2.75, 3.05) is 43.6 Å². The maximum Gasteiger partial charge on any atom is 0.222 e. The van der Waals surface area contributed by atoms with E-state index in [0.29, 0.717) is 13.2 Å². The number of morpholine rings is 1. The van der Waals surface area contributed by atoms with Crippen LogP contribution < -0.4 is 20.7 Å². The van der Waals surface area contributed by atoms with Crippen molar-refractivity contribution in [3.05, 3.63) is 54.1 Å². The number of nitrogens with zero attached hydrogens (tertiary/aromatic N) is 4. The van der Waals surface area contributed by atoms with Crippen molar-refractivity contribution in [2.24, 2.45) is 15.7 Å². The molecule has 0 radical (unpaired) electrons. The highest BCUT2D eigenvalue weighted by Crippen LogP contribution is 2.26. The van der Waals surface area contributed by atoms with Crippen molar-refractivity contribution in [1.82, 2.24) is 4.90 Å². The van der Waals surface area contributed by atoms with Crippen LogP contribution in [0.5, 0.6) is 5.75 Å². The molecule has 0 aromatic heterocycles. The zero-order valence-corrected chi connectivity index (χ0v) is 17.4. The van der Waals surface area contributed by atoms with Gasteiger partial charge in [0.2, 0.25) is 18.2 Å². The van der Waals surface area contributed by atoms with E-state index in [1.54, 1.807) is 7.11 Å². The van der Waals surface area contributed by atoms with Gasteiger partial charge < -0.3 is 25.4 Å². The lowest BCUT2D eigenvalue weighted by atomic mass is 10.1. The van der Waals surface area contributed by atoms with Gasteiger partial charge in [0.25, 0.3) is 0 Å². The molecule has 8 nitrogen and oxygen atoms in total. The van der Waals surface area contributed by atoms with E-state index in [1.165, 1.54) is 5.56 Å². The van der Waals surface area contributed by atoms with Gasteiger partial charge in [-0.05, 0) is 48.4 Å². The highest BCUT2D eigenvalue weighted by molar-refractivity contribution is 6.06. The number of aryl methyl sites for hydroxylation is 1. The van der Waals surface area contributed by atoms with Crippen molar-refractivity contribution in [1.29, 1.82) is 0 Å². The molecule has 30 heavy (non-hydrogen) atoms. The minimum absolute atomic E-state index is 0.254. The fourth-order valence-corrected chi connectivity index (χ4v) is 3.55. The number of ether oxygens (including phenoxy) is 2. The van der Waals surface area contributed by atoms with Crippen LogP contribution in [0.4, 0.5) is 11.4 Å². The Kier molecular flexibility index (Phi) is 6.04. The second-order valence-corrected chi connectivity index (χ2v) is 7.14. The molecule has 8 heteroatoms. The van der Waals surface area contributed by atoms with Gasteiger partial charge in [0.15, 0.2) is 0 Å². The van der Waals surface area contributed by atoms with Crippen molar-refractivity contribution in [2.45, 2.75) is 19.6 Å². The number of nitrogens with one attached hydrogen (secondary N) is 1. The maximum atomic E-state index is 6.13. The fraction of sp³-hybridized carbons (Fsp3) is 0.364. The quantitative estimate of drug-likeness (QED) is 0.790. The third kappa shape index (κ3) is 4.33. The molecule has 2 aliphatic heterocycles. The lowest BCUT2D eigenvalue weighted by Crippen LogP contribution is -2.57. The second-order valence-electron chi connectivity index (χ2n) is 7.14. The predicted molar refractivity (Wildman–Crippen MR) is 120 cm³/mol. The molecule has 0 amide bonds. The summed E-state index contributed by atoms with van der Waals surface area (Å²) < 4.78 is 10.8. The summed E-state index contributed by atoms with van der Waals surface area (Å²) in [6.07, 6.45) is 0.571. The number of anilines is 2. The van der Waals surface area contributed by atoms with Gasteiger partial charge in [0, 0.05) is 24.5 Å². The van der Waals surface area contributed by atoms with Gasteiger partial charge in [0.05, 0.1) is 20.3 Å². The highest BCUT2D eigenvalue weighted by Gasteiger charge is 2.32. The summed E-state index contributed by atoms with van der Waals surface area (Å²) in [6.45, 7) is 4.95. The van der Waals surface area contributed by atoms with Crippen LogP contribution in [0.2, 0.25) is 0 Å². The molecule has 2 aromatic carbocycles. The zero-order valence-electron chi connectivity index (χ0n) is 17.4. The molecular formula is C22H28N6O2. The molecule has 1 atom stereocenters. The molecule has 2 heterocycles. The number of hydrogen-bond donors (Lipinski definition) is 2. The molecule has 2 aromatic rings. The molecular weight excluding hydrogens is 380 g/mol. The molecule has 0 spiro atoms. The zero-order chi connectivity index (χ0) is 20.9. The predicted octanol–water partition coefficient (Wildman–Crippen LogP) is 2.48. The topological polar surface area (TPSA) is 87.7 Å². The molecule has 1 unspecified atom stereocenters. The average Bonchev–Trinajstić information content (AvgIpc) is 2.80. The summed E-state index contributed by atoms with van der Waals surface area (Å²) in [4.78, 5) is 13.4. The molecule has 0 bridgehead atoms. The number of nitrogens with two attached hydrogens (primary N) is 1. The number of guanidine groups is 2. The van der Waals surface area contributed by atoms with Crippen LogP contribution in [0.25, 0.3) is 0 Å².